The molecule has 1 unspecified atom stereocenters. The number of benzene rings is 1. The van der Waals surface area contributed by atoms with Crippen LogP contribution in [0.4, 0.5) is 4.39 Å². The zero-order valence-corrected chi connectivity index (χ0v) is 12.1. The molecule has 0 aliphatic heterocycles. The summed E-state index contributed by atoms with van der Waals surface area (Å²) >= 11 is 0. The van der Waals surface area contributed by atoms with E-state index in [1.54, 1.807) is 6.08 Å². The van der Waals surface area contributed by atoms with Crippen molar-refractivity contribution in [2.24, 2.45) is 16.1 Å². The van der Waals surface area contributed by atoms with Gasteiger partial charge in [-0.1, -0.05) is 26.0 Å². The molecule has 0 aromatic heterocycles. The Balaban J connectivity index is 2.19. The average molecular weight is 290 g/mol. The number of rotatable bonds is 4. The molecule has 5 heteroatoms. The van der Waals surface area contributed by atoms with Gasteiger partial charge in [0.05, 0.1) is 6.34 Å². The predicted octanol–water partition coefficient (Wildman–Crippen LogP) is 2.40. The zero-order chi connectivity index (χ0) is 15.5. The van der Waals surface area contributed by atoms with E-state index in [1.807, 2.05) is 19.9 Å². The van der Waals surface area contributed by atoms with Gasteiger partial charge in [0.2, 0.25) is 0 Å². The minimum absolute atomic E-state index is 0.0323. The first-order chi connectivity index (χ1) is 9.89. The zero-order valence-electron chi connectivity index (χ0n) is 12.1. The molecule has 3 N–H and O–H groups in total. The van der Waals surface area contributed by atoms with Crippen LogP contribution in [0.25, 0.3) is 0 Å². The molecule has 1 atom stereocenters. The lowest BCUT2D eigenvalue weighted by Gasteiger charge is -2.37. The Hall–Kier alpha value is -2.14. The maximum atomic E-state index is 12.9. The fourth-order valence-electron chi connectivity index (χ4n) is 2.21. The quantitative estimate of drug-likeness (QED) is 0.661. The van der Waals surface area contributed by atoms with Crippen molar-refractivity contribution < 1.29 is 14.2 Å². The van der Waals surface area contributed by atoms with Gasteiger partial charge in [-0.05, 0) is 24.3 Å². The van der Waals surface area contributed by atoms with E-state index in [-0.39, 0.29) is 12.4 Å². The number of nitrogens with zero attached hydrogens (tertiary/aromatic N) is 1. The van der Waals surface area contributed by atoms with Gasteiger partial charge in [0.15, 0.2) is 0 Å². The van der Waals surface area contributed by atoms with Crippen LogP contribution in [0.15, 0.2) is 53.2 Å². The Morgan fingerprint density at radius 1 is 1.33 bits per heavy atom. The van der Waals surface area contributed by atoms with Crippen LogP contribution < -0.4 is 10.5 Å². The predicted molar refractivity (Wildman–Crippen MR) is 80.5 cm³/mol. The summed E-state index contributed by atoms with van der Waals surface area (Å²) in [6.07, 6.45) is 6.38. The molecule has 1 aromatic carbocycles. The van der Waals surface area contributed by atoms with Crippen LogP contribution >= 0.6 is 0 Å². The molecule has 2 rings (SSSR count). The van der Waals surface area contributed by atoms with Crippen LogP contribution in [0.5, 0.6) is 5.75 Å². The van der Waals surface area contributed by atoms with Gasteiger partial charge >= 0.3 is 0 Å². The van der Waals surface area contributed by atoms with Crippen molar-refractivity contribution in [1.82, 2.24) is 0 Å². The summed E-state index contributed by atoms with van der Waals surface area (Å²) in [5, 5.41) is 11.0. The minimum Gasteiger partial charge on any atom is -0.490 e. The fourth-order valence-corrected chi connectivity index (χ4v) is 2.21. The summed E-state index contributed by atoms with van der Waals surface area (Å²) in [6.45, 7) is 3.85. The molecule has 112 valence electrons. The van der Waals surface area contributed by atoms with Gasteiger partial charge in [0, 0.05) is 17.2 Å². The molecular formula is C16H19FN2O2. The summed E-state index contributed by atoms with van der Waals surface area (Å²) in [4.78, 5) is 3.86. The van der Waals surface area contributed by atoms with E-state index >= 15 is 0 Å². The molecule has 1 aromatic rings. The Bertz CT molecular complexity index is 591. The molecule has 1 aliphatic rings. The largest absolute Gasteiger partial charge is 0.490 e. The first-order valence-corrected chi connectivity index (χ1v) is 6.63. The minimum atomic E-state index is -1.23. The lowest BCUT2D eigenvalue weighted by atomic mass is 9.76. The monoisotopic (exact) mass is 290 g/mol. The van der Waals surface area contributed by atoms with Crippen LogP contribution in [0.2, 0.25) is 0 Å². The van der Waals surface area contributed by atoms with Crippen LogP contribution in [0.1, 0.15) is 13.8 Å². The molecule has 0 saturated carbocycles. The van der Waals surface area contributed by atoms with E-state index < -0.39 is 11.0 Å². The lowest BCUT2D eigenvalue weighted by molar-refractivity contribution is -0.0342. The highest BCUT2D eigenvalue weighted by Crippen LogP contribution is 2.44. The Kier molecular flexibility index (Phi) is 4.14. The van der Waals surface area contributed by atoms with Crippen molar-refractivity contribution in [3.8, 4) is 5.75 Å². The highest BCUT2D eigenvalue weighted by Gasteiger charge is 2.48. The van der Waals surface area contributed by atoms with Crippen LogP contribution in [0.3, 0.4) is 0 Å². The van der Waals surface area contributed by atoms with E-state index in [1.165, 1.54) is 30.5 Å². The number of halogens is 1. The third-order valence-electron chi connectivity index (χ3n) is 3.78. The van der Waals surface area contributed by atoms with Crippen molar-refractivity contribution in [2.45, 2.75) is 19.4 Å². The lowest BCUT2D eigenvalue weighted by Crippen LogP contribution is -2.47. The summed E-state index contributed by atoms with van der Waals surface area (Å²) < 4.78 is 18.5. The number of nitrogens with two attached hydrogens (primary N) is 1. The Morgan fingerprint density at radius 3 is 2.62 bits per heavy atom. The van der Waals surface area contributed by atoms with Gasteiger partial charge in [0.1, 0.15) is 23.8 Å². The molecule has 0 radical (unpaired) electrons. The van der Waals surface area contributed by atoms with E-state index in [0.717, 1.165) is 6.34 Å². The first kappa shape index (κ1) is 15.3. The van der Waals surface area contributed by atoms with Gasteiger partial charge in [-0.15, -0.1) is 0 Å². The third kappa shape index (κ3) is 2.97. The second-order valence-corrected chi connectivity index (χ2v) is 5.54. The number of hydrogen-bond acceptors (Lipinski definition) is 3. The van der Waals surface area contributed by atoms with Gasteiger partial charge < -0.3 is 15.6 Å². The van der Waals surface area contributed by atoms with Crippen molar-refractivity contribution in [3.05, 3.63) is 54.0 Å². The molecule has 0 amide bonds. The van der Waals surface area contributed by atoms with Crippen molar-refractivity contribution in [3.63, 3.8) is 0 Å². The first-order valence-electron chi connectivity index (χ1n) is 6.63. The summed E-state index contributed by atoms with van der Waals surface area (Å²) in [6, 6.07) is 5.67. The molecule has 0 bridgehead atoms. The molecule has 0 fully saturated rings. The number of aliphatic hydroxyl groups is 1. The average Bonchev–Trinajstić information content (AvgIpc) is 2.67. The van der Waals surface area contributed by atoms with E-state index in [2.05, 4.69) is 4.99 Å². The molecule has 0 spiro atoms. The molecule has 1 aliphatic carbocycles. The fraction of sp³-hybridized carbons (Fsp3) is 0.312. The van der Waals surface area contributed by atoms with Crippen LogP contribution in [-0.2, 0) is 0 Å². The second-order valence-electron chi connectivity index (χ2n) is 5.54. The maximum absolute atomic E-state index is 12.9. The summed E-state index contributed by atoms with van der Waals surface area (Å²) in [5.41, 5.74) is 4.12. The van der Waals surface area contributed by atoms with Crippen molar-refractivity contribution in [1.29, 1.82) is 0 Å². The number of aliphatic imine (C=N–C) groups is 1. The third-order valence-corrected chi connectivity index (χ3v) is 3.78. The molecular weight excluding hydrogens is 271 g/mol. The van der Waals surface area contributed by atoms with Crippen LogP contribution in [-0.4, -0.2) is 23.7 Å². The smallest absolute Gasteiger partial charge is 0.133 e. The second kappa shape index (κ2) is 5.69. The topological polar surface area (TPSA) is 67.8 Å². The Labute approximate surface area is 123 Å². The van der Waals surface area contributed by atoms with Crippen molar-refractivity contribution in [2.75, 3.05) is 6.61 Å². The van der Waals surface area contributed by atoms with E-state index in [4.69, 9.17) is 10.5 Å². The summed E-state index contributed by atoms with van der Waals surface area (Å²) in [7, 11) is 0. The number of hydrogen-bond donors (Lipinski definition) is 2. The van der Waals surface area contributed by atoms with Crippen molar-refractivity contribution >= 4 is 6.34 Å². The highest BCUT2D eigenvalue weighted by atomic mass is 19.1. The molecule has 0 heterocycles. The normalized spacial score (nSPS) is 25.8. The van der Waals surface area contributed by atoms with E-state index in [0.29, 0.717) is 11.3 Å². The van der Waals surface area contributed by atoms with Gasteiger partial charge in [-0.25, -0.2) is 9.38 Å². The molecule has 4 nitrogen and oxygen atoms in total. The van der Waals surface area contributed by atoms with Gasteiger partial charge in [-0.2, -0.15) is 0 Å². The molecule has 0 saturated heterocycles. The Morgan fingerprint density at radius 2 is 2.00 bits per heavy atom. The van der Waals surface area contributed by atoms with Gasteiger partial charge in [-0.3, -0.25) is 0 Å². The van der Waals surface area contributed by atoms with E-state index in [9.17, 15) is 9.50 Å². The van der Waals surface area contributed by atoms with Gasteiger partial charge in [0.25, 0.3) is 0 Å². The summed E-state index contributed by atoms with van der Waals surface area (Å²) in [5.74, 6) is 0.163. The standard InChI is InChI=1S/C16H19FN2O2/c1-15(2)8-7-12(9-19-11-18)16(15,20)10-21-14-5-3-13(17)4-6-14/h3-9,11,20H,10H2,1-2H3,(H2,18,19)/b12-9+. The highest BCUT2D eigenvalue weighted by molar-refractivity contribution is 5.53. The van der Waals surface area contributed by atoms with Crippen LogP contribution in [0, 0.1) is 11.2 Å². The maximum Gasteiger partial charge on any atom is 0.133 e. The molecule has 21 heavy (non-hydrogen) atoms. The number of ether oxygens (including phenoxy) is 1. The SMILES string of the molecule is CC1(C)C=C/C(=C\N=CN)C1(O)COc1ccc(F)cc1.